The van der Waals surface area contributed by atoms with Gasteiger partial charge in [-0.05, 0) is 18.2 Å². The molecule has 4 nitrogen and oxygen atoms in total. The van der Waals surface area contributed by atoms with E-state index in [1.807, 2.05) is 6.07 Å². The van der Waals surface area contributed by atoms with Gasteiger partial charge >= 0.3 is 0 Å². The quantitative estimate of drug-likeness (QED) is 0.843. The van der Waals surface area contributed by atoms with Crippen molar-refractivity contribution in [3.63, 3.8) is 0 Å². The molecule has 0 bridgehead atoms. The predicted octanol–water partition coefficient (Wildman–Crippen LogP) is 1.52. The molecular formula is C11H11FN2O2. The Bertz CT molecular complexity index is 440. The van der Waals surface area contributed by atoms with Crippen LogP contribution in [0.5, 0.6) is 5.75 Å². The number of nitrogens with zero attached hydrogens (tertiary/aromatic N) is 2. The van der Waals surface area contributed by atoms with Gasteiger partial charge in [-0.15, -0.1) is 0 Å². The molecule has 0 aromatic heterocycles. The van der Waals surface area contributed by atoms with Crippen molar-refractivity contribution >= 4 is 5.91 Å². The van der Waals surface area contributed by atoms with Gasteiger partial charge in [-0.3, -0.25) is 4.79 Å². The number of carbonyl (C=O) groups excluding carboxylic acids is 1. The lowest BCUT2D eigenvalue weighted by molar-refractivity contribution is 0.0794. The average Bonchev–Trinajstić information content (AvgIpc) is 2.28. The molecule has 0 radical (unpaired) electrons. The van der Waals surface area contributed by atoms with Crippen molar-refractivity contribution in [1.29, 1.82) is 5.26 Å². The summed E-state index contributed by atoms with van der Waals surface area (Å²) in [6.07, 6.45) is 0.193. The third-order valence-corrected chi connectivity index (χ3v) is 2.09. The van der Waals surface area contributed by atoms with E-state index in [0.29, 0.717) is 0 Å². The summed E-state index contributed by atoms with van der Waals surface area (Å²) in [5, 5.41) is 17.8. The number of carbonyl (C=O) groups is 1. The summed E-state index contributed by atoms with van der Waals surface area (Å²) in [4.78, 5) is 13.0. The first kappa shape index (κ1) is 12.0. The van der Waals surface area contributed by atoms with Crippen molar-refractivity contribution in [2.45, 2.75) is 6.42 Å². The van der Waals surface area contributed by atoms with Gasteiger partial charge in [-0.25, -0.2) is 4.39 Å². The number of hydrogen-bond acceptors (Lipinski definition) is 3. The molecule has 16 heavy (non-hydrogen) atoms. The third kappa shape index (κ3) is 2.70. The Morgan fingerprint density at radius 1 is 1.62 bits per heavy atom. The van der Waals surface area contributed by atoms with Crippen LogP contribution in [-0.2, 0) is 0 Å². The Balaban J connectivity index is 2.88. The fraction of sp³-hybridized carbons (Fsp3) is 0.273. The molecule has 1 aromatic rings. The number of halogens is 1. The minimum Gasteiger partial charge on any atom is -0.507 e. The maximum Gasteiger partial charge on any atom is 0.257 e. The number of aromatic hydroxyl groups is 1. The second-order valence-electron chi connectivity index (χ2n) is 3.30. The van der Waals surface area contributed by atoms with Crippen LogP contribution in [0.2, 0.25) is 0 Å². The molecule has 0 aliphatic rings. The standard InChI is InChI=1S/C11H11FN2O2/c1-14(6-2-5-13)11(16)9-7-8(12)3-4-10(9)15/h3-4,7,15H,2,6H2,1H3. The second kappa shape index (κ2) is 5.12. The SMILES string of the molecule is CN(CCC#N)C(=O)c1cc(F)ccc1O. The van der Waals surface area contributed by atoms with Crippen molar-refractivity contribution < 1.29 is 14.3 Å². The zero-order valence-electron chi connectivity index (χ0n) is 8.77. The molecular weight excluding hydrogens is 211 g/mol. The number of nitriles is 1. The van der Waals surface area contributed by atoms with Gasteiger partial charge in [-0.2, -0.15) is 5.26 Å². The fourth-order valence-electron chi connectivity index (χ4n) is 1.20. The zero-order valence-corrected chi connectivity index (χ0v) is 8.77. The monoisotopic (exact) mass is 222 g/mol. The van der Waals surface area contributed by atoms with Crippen LogP contribution >= 0.6 is 0 Å². The number of benzene rings is 1. The number of hydrogen-bond donors (Lipinski definition) is 1. The Labute approximate surface area is 92.5 Å². The van der Waals surface area contributed by atoms with E-state index >= 15 is 0 Å². The lowest BCUT2D eigenvalue weighted by atomic mass is 10.1. The number of phenolic OH excluding ortho intramolecular Hbond substituents is 1. The van der Waals surface area contributed by atoms with Crippen LogP contribution in [-0.4, -0.2) is 29.5 Å². The molecule has 0 saturated heterocycles. The molecule has 0 fully saturated rings. The molecule has 84 valence electrons. The first-order valence-electron chi connectivity index (χ1n) is 4.67. The highest BCUT2D eigenvalue weighted by molar-refractivity contribution is 5.96. The summed E-state index contributed by atoms with van der Waals surface area (Å²) in [5.74, 6) is -1.36. The van der Waals surface area contributed by atoms with Crippen LogP contribution in [0.15, 0.2) is 18.2 Å². The average molecular weight is 222 g/mol. The van der Waals surface area contributed by atoms with Crippen molar-refractivity contribution in [3.05, 3.63) is 29.6 Å². The van der Waals surface area contributed by atoms with Crippen LogP contribution in [0.1, 0.15) is 16.8 Å². The van der Waals surface area contributed by atoms with Gasteiger partial charge in [0.15, 0.2) is 0 Å². The summed E-state index contributed by atoms with van der Waals surface area (Å²) >= 11 is 0. The van der Waals surface area contributed by atoms with Gasteiger partial charge in [0.25, 0.3) is 5.91 Å². The lowest BCUT2D eigenvalue weighted by Gasteiger charge is -2.16. The van der Waals surface area contributed by atoms with E-state index in [-0.39, 0.29) is 24.3 Å². The maximum absolute atomic E-state index is 12.9. The zero-order chi connectivity index (χ0) is 12.1. The van der Waals surface area contributed by atoms with E-state index < -0.39 is 11.7 Å². The largest absolute Gasteiger partial charge is 0.507 e. The van der Waals surface area contributed by atoms with E-state index in [2.05, 4.69) is 0 Å². The Kier molecular flexibility index (Phi) is 3.84. The second-order valence-corrected chi connectivity index (χ2v) is 3.30. The van der Waals surface area contributed by atoms with E-state index in [0.717, 1.165) is 18.2 Å². The van der Waals surface area contributed by atoms with Crippen LogP contribution in [0.25, 0.3) is 0 Å². The van der Waals surface area contributed by atoms with Crippen LogP contribution in [0.4, 0.5) is 4.39 Å². The molecule has 1 aromatic carbocycles. The van der Waals surface area contributed by atoms with E-state index in [9.17, 15) is 14.3 Å². The Hall–Kier alpha value is -2.09. The first-order valence-corrected chi connectivity index (χ1v) is 4.67. The van der Waals surface area contributed by atoms with Crippen molar-refractivity contribution in [2.24, 2.45) is 0 Å². The van der Waals surface area contributed by atoms with Crippen LogP contribution < -0.4 is 0 Å². The molecule has 5 heteroatoms. The van der Waals surface area contributed by atoms with E-state index in [1.165, 1.54) is 11.9 Å². The summed E-state index contributed by atoms with van der Waals surface area (Å²) < 4.78 is 12.9. The normalized spacial score (nSPS) is 9.56. The highest BCUT2D eigenvalue weighted by Gasteiger charge is 2.16. The van der Waals surface area contributed by atoms with Gasteiger partial charge < -0.3 is 10.0 Å². The smallest absolute Gasteiger partial charge is 0.257 e. The van der Waals surface area contributed by atoms with Crippen molar-refractivity contribution in [1.82, 2.24) is 4.90 Å². The topological polar surface area (TPSA) is 64.3 Å². The number of phenols is 1. The lowest BCUT2D eigenvalue weighted by Crippen LogP contribution is -2.27. The molecule has 0 aliphatic heterocycles. The molecule has 0 heterocycles. The molecule has 1 rings (SSSR count). The first-order chi connectivity index (χ1) is 7.56. The Morgan fingerprint density at radius 2 is 2.31 bits per heavy atom. The number of rotatable bonds is 3. The van der Waals surface area contributed by atoms with E-state index in [4.69, 9.17) is 5.26 Å². The molecule has 0 unspecified atom stereocenters. The minimum atomic E-state index is -0.588. The van der Waals surface area contributed by atoms with Crippen molar-refractivity contribution in [3.8, 4) is 11.8 Å². The molecule has 0 spiro atoms. The van der Waals surface area contributed by atoms with Gasteiger partial charge in [0.05, 0.1) is 18.1 Å². The van der Waals surface area contributed by atoms with Crippen LogP contribution in [0.3, 0.4) is 0 Å². The number of amides is 1. The highest BCUT2D eigenvalue weighted by Crippen LogP contribution is 2.19. The van der Waals surface area contributed by atoms with Crippen molar-refractivity contribution in [2.75, 3.05) is 13.6 Å². The summed E-state index contributed by atoms with van der Waals surface area (Å²) in [7, 11) is 1.49. The highest BCUT2D eigenvalue weighted by atomic mass is 19.1. The Morgan fingerprint density at radius 3 is 2.94 bits per heavy atom. The molecule has 0 saturated carbocycles. The minimum absolute atomic E-state index is 0.0968. The van der Waals surface area contributed by atoms with Gasteiger partial charge in [0.2, 0.25) is 0 Å². The third-order valence-electron chi connectivity index (χ3n) is 2.09. The molecule has 1 N–H and O–H groups in total. The summed E-state index contributed by atoms with van der Waals surface area (Å²) in [6.45, 7) is 0.241. The summed E-state index contributed by atoms with van der Waals surface area (Å²) in [5.41, 5.74) is -0.0968. The van der Waals surface area contributed by atoms with Gasteiger partial charge in [0, 0.05) is 13.6 Å². The van der Waals surface area contributed by atoms with Gasteiger partial charge in [0.1, 0.15) is 11.6 Å². The fourth-order valence-corrected chi connectivity index (χ4v) is 1.20. The molecule has 0 aliphatic carbocycles. The maximum atomic E-state index is 12.9. The van der Waals surface area contributed by atoms with Crippen LogP contribution in [0, 0.1) is 17.1 Å². The molecule has 0 atom stereocenters. The molecule has 1 amide bonds. The van der Waals surface area contributed by atoms with E-state index in [1.54, 1.807) is 0 Å². The summed E-state index contributed by atoms with van der Waals surface area (Å²) in [6, 6.07) is 5.07. The van der Waals surface area contributed by atoms with Gasteiger partial charge in [-0.1, -0.05) is 0 Å². The predicted molar refractivity (Wildman–Crippen MR) is 55.3 cm³/mol.